The summed E-state index contributed by atoms with van der Waals surface area (Å²) in [7, 11) is 0. The van der Waals surface area contributed by atoms with Crippen LogP contribution < -0.4 is 0 Å². The number of aryl methyl sites for hydroxylation is 1. The van der Waals surface area contributed by atoms with Gasteiger partial charge in [-0.2, -0.15) is 0 Å². The lowest BCUT2D eigenvalue weighted by Gasteiger charge is -2.35. The Morgan fingerprint density at radius 3 is 2.67 bits per heavy atom. The van der Waals surface area contributed by atoms with E-state index in [0.29, 0.717) is 12.1 Å². The summed E-state index contributed by atoms with van der Waals surface area (Å²) >= 11 is 0. The molecule has 130 valence electrons. The van der Waals surface area contributed by atoms with Crippen molar-refractivity contribution in [2.24, 2.45) is 0 Å². The van der Waals surface area contributed by atoms with E-state index in [4.69, 9.17) is 0 Å². The van der Waals surface area contributed by atoms with Crippen molar-refractivity contribution in [3.05, 3.63) is 53.9 Å². The monoisotopic (exact) mass is 332 g/mol. The van der Waals surface area contributed by atoms with Crippen molar-refractivity contribution in [3.8, 4) is 0 Å². The zero-order valence-corrected chi connectivity index (χ0v) is 14.1. The van der Waals surface area contributed by atoms with Gasteiger partial charge < -0.3 is 9.67 Å². The van der Waals surface area contributed by atoms with Gasteiger partial charge in [0.25, 0.3) is 0 Å². The molecule has 1 atom stereocenters. The van der Waals surface area contributed by atoms with Crippen LogP contribution >= 0.6 is 0 Å². The smallest absolute Gasteiger partial charge is 0.123 e. The van der Waals surface area contributed by atoms with Crippen LogP contribution in [-0.4, -0.2) is 57.2 Å². The molecule has 0 amide bonds. The highest BCUT2D eigenvalue weighted by atomic mass is 19.1. The minimum absolute atomic E-state index is 0.303. The van der Waals surface area contributed by atoms with Gasteiger partial charge in [0.05, 0.1) is 12.6 Å². The molecule has 1 aliphatic rings. The molecule has 1 saturated heterocycles. The number of piperazine rings is 1. The lowest BCUT2D eigenvalue weighted by atomic mass is 10.1. The van der Waals surface area contributed by atoms with Gasteiger partial charge in [0, 0.05) is 51.7 Å². The van der Waals surface area contributed by atoms with Crippen LogP contribution in [0.3, 0.4) is 0 Å². The van der Waals surface area contributed by atoms with E-state index in [2.05, 4.69) is 26.3 Å². The summed E-state index contributed by atoms with van der Waals surface area (Å²) in [6.45, 7) is 8.17. The first kappa shape index (κ1) is 17.1. The molecule has 0 unspecified atom stereocenters. The van der Waals surface area contributed by atoms with E-state index in [9.17, 15) is 9.50 Å². The molecule has 0 spiro atoms. The molecule has 24 heavy (non-hydrogen) atoms. The van der Waals surface area contributed by atoms with Gasteiger partial charge in [-0.3, -0.25) is 9.80 Å². The van der Waals surface area contributed by atoms with Crippen LogP contribution in [0.25, 0.3) is 0 Å². The molecule has 1 fully saturated rings. The maximum atomic E-state index is 13.3. The summed E-state index contributed by atoms with van der Waals surface area (Å²) in [5.74, 6) is 0.800. The molecule has 3 rings (SSSR count). The summed E-state index contributed by atoms with van der Waals surface area (Å²) in [6, 6.07) is 6.22. The number of aromatic nitrogens is 2. The summed E-state index contributed by atoms with van der Waals surface area (Å²) in [6.07, 6.45) is 3.22. The van der Waals surface area contributed by atoms with Crippen LogP contribution in [0.1, 0.15) is 24.4 Å². The van der Waals surface area contributed by atoms with Gasteiger partial charge in [0.15, 0.2) is 0 Å². The number of nitrogens with zero attached hydrogens (tertiary/aromatic N) is 4. The normalized spacial score (nSPS) is 18.0. The number of aliphatic hydroxyl groups excluding tert-OH is 1. The van der Waals surface area contributed by atoms with Gasteiger partial charge in [-0.05, 0) is 24.6 Å². The van der Waals surface area contributed by atoms with Crippen molar-refractivity contribution in [2.75, 3.05) is 32.7 Å². The molecule has 5 nitrogen and oxygen atoms in total. The molecule has 0 aliphatic carbocycles. The van der Waals surface area contributed by atoms with E-state index in [1.807, 2.05) is 12.4 Å². The Bertz CT molecular complexity index is 652. The number of benzene rings is 1. The van der Waals surface area contributed by atoms with Gasteiger partial charge in [-0.15, -0.1) is 0 Å². The first-order valence-electron chi connectivity index (χ1n) is 8.54. The predicted molar refractivity (Wildman–Crippen MR) is 91.0 cm³/mol. The highest BCUT2D eigenvalue weighted by molar-refractivity contribution is 5.19. The van der Waals surface area contributed by atoms with Gasteiger partial charge >= 0.3 is 0 Å². The highest BCUT2D eigenvalue weighted by Crippen LogP contribution is 2.17. The van der Waals surface area contributed by atoms with Gasteiger partial charge in [0.1, 0.15) is 11.6 Å². The number of imidazole rings is 1. The molecule has 6 heteroatoms. The zero-order valence-electron chi connectivity index (χ0n) is 14.1. The SMILES string of the molecule is CCn1ccnc1CN1CCN(C[C@H](O)c2cccc(F)c2)CC1. The maximum Gasteiger partial charge on any atom is 0.123 e. The van der Waals surface area contributed by atoms with Gasteiger partial charge in [0.2, 0.25) is 0 Å². The third-order valence-electron chi connectivity index (χ3n) is 4.64. The van der Waals surface area contributed by atoms with Crippen molar-refractivity contribution >= 4 is 0 Å². The Hall–Kier alpha value is -1.76. The summed E-state index contributed by atoms with van der Waals surface area (Å²) in [5.41, 5.74) is 0.641. The molecule has 0 saturated carbocycles. The fraction of sp³-hybridized carbons (Fsp3) is 0.500. The lowest BCUT2D eigenvalue weighted by molar-refractivity contribution is 0.0687. The number of aliphatic hydroxyl groups is 1. The van der Waals surface area contributed by atoms with Gasteiger partial charge in [-0.25, -0.2) is 9.37 Å². The second kappa shape index (κ2) is 7.88. The second-order valence-electron chi connectivity index (χ2n) is 6.28. The number of hydrogen-bond donors (Lipinski definition) is 1. The predicted octanol–water partition coefficient (Wildman–Crippen LogP) is 1.89. The maximum absolute atomic E-state index is 13.3. The van der Waals surface area contributed by atoms with E-state index in [-0.39, 0.29) is 5.82 Å². The minimum atomic E-state index is -0.647. The summed E-state index contributed by atoms with van der Waals surface area (Å²) < 4.78 is 15.4. The van der Waals surface area contributed by atoms with Crippen molar-refractivity contribution in [1.82, 2.24) is 19.4 Å². The highest BCUT2D eigenvalue weighted by Gasteiger charge is 2.21. The Kier molecular flexibility index (Phi) is 5.60. The van der Waals surface area contributed by atoms with Crippen molar-refractivity contribution in [3.63, 3.8) is 0 Å². The standard InChI is InChI=1S/C18H25FN4O/c1-2-23-7-6-20-18(23)14-22-10-8-21(9-11-22)13-17(24)15-4-3-5-16(19)12-15/h3-7,12,17,24H,2,8-11,13-14H2,1H3/t17-/m0/s1. The zero-order chi connectivity index (χ0) is 16.9. The van der Waals surface area contributed by atoms with Crippen LogP contribution in [0, 0.1) is 5.82 Å². The summed E-state index contributed by atoms with van der Waals surface area (Å²) in [4.78, 5) is 9.05. The van der Waals surface area contributed by atoms with E-state index in [1.165, 1.54) is 12.1 Å². The molecule has 0 bridgehead atoms. The Labute approximate surface area is 142 Å². The minimum Gasteiger partial charge on any atom is -0.387 e. The third kappa shape index (κ3) is 4.20. The largest absolute Gasteiger partial charge is 0.387 e. The van der Waals surface area contributed by atoms with Crippen molar-refractivity contribution < 1.29 is 9.50 Å². The average molecular weight is 332 g/mol. The lowest BCUT2D eigenvalue weighted by Crippen LogP contribution is -2.47. The average Bonchev–Trinajstić information content (AvgIpc) is 3.04. The van der Waals surface area contributed by atoms with Crippen LogP contribution in [0.5, 0.6) is 0 Å². The number of β-amino-alcohol motifs (C(OH)–C–C–N with tert-alkyl or cyclic N) is 1. The van der Waals surface area contributed by atoms with E-state index < -0.39 is 6.10 Å². The van der Waals surface area contributed by atoms with Crippen LogP contribution in [0.2, 0.25) is 0 Å². The molecular formula is C18H25FN4O. The molecule has 2 aromatic rings. The van der Waals surface area contributed by atoms with Crippen LogP contribution in [-0.2, 0) is 13.1 Å². The second-order valence-corrected chi connectivity index (χ2v) is 6.28. The molecule has 2 heterocycles. The van der Waals surface area contributed by atoms with Gasteiger partial charge in [-0.1, -0.05) is 12.1 Å². The topological polar surface area (TPSA) is 44.5 Å². The first-order valence-corrected chi connectivity index (χ1v) is 8.54. The van der Waals surface area contributed by atoms with Crippen molar-refractivity contribution in [2.45, 2.75) is 26.1 Å². The number of halogens is 1. The van der Waals surface area contributed by atoms with E-state index in [1.54, 1.807) is 12.1 Å². The van der Waals surface area contributed by atoms with E-state index in [0.717, 1.165) is 45.1 Å². The van der Waals surface area contributed by atoms with Crippen LogP contribution in [0.4, 0.5) is 4.39 Å². The number of rotatable bonds is 6. The molecule has 1 aliphatic heterocycles. The quantitative estimate of drug-likeness (QED) is 0.877. The Morgan fingerprint density at radius 1 is 1.21 bits per heavy atom. The Morgan fingerprint density at radius 2 is 1.96 bits per heavy atom. The first-order chi connectivity index (χ1) is 11.7. The van der Waals surface area contributed by atoms with Crippen molar-refractivity contribution in [1.29, 1.82) is 0 Å². The molecule has 1 aromatic carbocycles. The molecule has 1 aromatic heterocycles. The van der Waals surface area contributed by atoms with Crippen LogP contribution in [0.15, 0.2) is 36.7 Å². The fourth-order valence-electron chi connectivity index (χ4n) is 3.17. The third-order valence-corrected chi connectivity index (χ3v) is 4.64. The number of hydrogen-bond acceptors (Lipinski definition) is 4. The molecule has 1 N–H and O–H groups in total. The van der Waals surface area contributed by atoms with E-state index >= 15 is 0 Å². The molecular weight excluding hydrogens is 307 g/mol. The summed E-state index contributed by atoms with van der Waals surface area (Å²) in [5, 5.41) is 10.3. The molecule has 0 radical (unpaired) electrons. The fourth-order valence-corrected chi connectivity index (χ4v) is 3.17. The Balaban J connectivity index is 1.48.